The number of hydrogen-bond acceptors (Lipinski definition) is 3. The number of fused-ring (bicyclic) bond motifs is 1. The van der Waals surface area contributed by atoms with Crippen LogP contribution in [0.3, 0.4) is 0 Å². The summed E-state index contributed by atoms with van der Waals surface area (Å²) in [4.78, 5) is 11.0. The summed E-state index contributed by atoms with van der Waals surface area (Å²) in [6.07, 6.45) is 4.31. The average Bonchev–Trinajstić information content (AvgIpc) is 2.35. The maximum absolute atomic E-state index is 11.0. The second kappa shape index (κ2) is 4.94. The van der Waals surface area contributed by atoms with Gasteiger partial charge in [0.15, 0.2) is 0 Å². The molecule has 0 unspecified atom stereocenters. The quantitative estimate of drug-likeness (QED) is 0.603. The molecule has 0 fully saturated rings. The molecule has 1 heterocycles. The molecule has 0 saturated heterocycles. The summed E-state index contributed by atoms with van der Waals surface area (Å²) < 4.78 is 4.58. The lowest BCUT2D eigenvalue weighted by Gasteiger charge is -2.18. The summed E-state index contributed by atoms with van der Waals surface area (Å²) >= 11 is 0. The lowest BCUT2D eigenvalue weighted by Crippen LogP contribution is -2.24. The highest BCUT2D eigenvalue weighted by Crippen LogP contribution is 2.19. The molecular weight excluding hydrogens is 202 g/mol. The normalized spacial score (nSPS) is 14.8. The SMILES string of the molecule is COC(=O)C=Cc1cccc2c1CCNC2. The molecule has 0 amide bonds. The van der Waals surface area contributed by atoms with E-state index in [0.29, 0.717) is 0 Å². The summed E-state index contributed by atoms with van der Waals surface area (Å²) in [7, 11) is 1.39. The van der Waals surface area contributed by atoms with E-state index in [2.05, 4.69) is 16.1 Å². The molecule has 16 heavy (non-hydrogen) atoms. The minimum atomic E-state index is -0.313. The van der Waals surface area contributed by atoms with Crippen molar-refractivity contribution in [3.8, 4) is 0 Å². The van der Waals surface area contributed by atoms with Gasteiger partial charge < -0.3 is 10.1 Å². The van der Waals surface area contributed by atoms with Gasteiger partial charge in [0.05, 0.1) is 7.11 Å². The second-order valence-electron chi connectivity index (χ2n) is 3.77. The number of carbonyl (C=O) groups is 1. The van der Waals surface area contributed by atoms with Crippen LogP contribution in [-0.4, -0.2) is 19.6 Å². The van der Waals surface area contributed by atoms with Gasteiger partial charge in [-0.2, -0.15) is 0 Å². The molecule has 1 aromatic carbocycles. The minimum Gasteiger partial charge on any atom is -0.466 e. The molecule has 0 spiro atoms. The van der Waals surface area contributed by atoms with E-state index in [1.54, 1.807) is 0 Å². The van der Waals surface area contributed by atoms with Gasteiger partial charge in [-0.25, -0.2) is 4.79 Å². The number of nitrogens with one attached hydrogen (secondary N) is 1. The van der Waals surface area contributed by atoms with Crippen molar-refractivity contribution in [1.82, 2.24) is 5.32 Å². The summed E-state index contributed by atoms with van der Waals surface area (Å²) in [5.41, 5.74) is 3.77. The first-order chi connectivity index (χ1) is 7.81. The molecule has 0 aromatic heterocycles. The van der Waals surface area contributed by atoms with E-state index in [4.69, 9.17) is 0 Å². The Balaban J connectivity index is 2.27. The van der Waals surface area contributed by atoms with E-state index in [1.807, 2.05) is 18.2 Å². The Morgan fingerprint density at radius 2 is 2.38 bits per heavy atom. The van der Waals surface area contributed by atoms with Crippen molar-refractivity contribution < 1.29 is 9.53 Å². The predicted molar refractivity (Wildman–Crippen MR) is 62.9 cm³/mol. The molecule has 0 aliphatic carbocycles. The molecule has 1 aromatic rings. The molecule has 0 bridgehead atoms. The molecule has 0 saturated carbocycles. The van der Waals surface area contributed by atoms with Crippen LogP contribution in [-0.2, 0) is 22.5 Å². The summed E-state index contributed by atoms with van der Waals surface area (Å²) in [5, 5.41) is 3.33. The van der Waals surface area contributed by atoms with Crippen molar-refractivity contribution >= 4 is 12.0 Å². The molecule has 1 N–H and O–H groups in total. The van der Waals surface area contributed by atoms with E-state index in [-0.39, 0.29) is 5.97 Å². The third-order valence-electron chi connectivity index (χ3n) is 2.78. The number of hydrogen-bond donors (Lipinski definition) is 1. The van der Waals surface area contributed by atoms with Crippen LogP contribution in [0.15, 0.2) is 24.3 Å². The highest BCUT2D eigenvalue weighted by atomic mass is 16.5. The van der Waals surface area contributed by atoms with Crippen LogP contribution in [0.25, 0.3) is 6.08 Å². The van der Waals surface area contributed by atoms with Crippen molar-refractivity contribution in [2.24, 2.45) is 0 Å². The Morgan fingerprint density at radius 1 is 1.50 bits per heavy atom. The third kappa shape index (κ3) is 2.31. The van der Waals surface area contributed by atoms with Gasteiger partial charge in [-0.1, -0.05) is 18.2 Å². The first-order valence-corrected chi connectivity index (χ1v) is 5.39. The van der Waals surface area contributed by atoms with Crippen molar-refractivity contribution in [2.45, 2.75) is 13.0 Å². The fraction of sp³-hybridized carbons (Fsp3) is 0.308. The Morgan fingerprint density at radius 3 is 3.19 bits per heavy atom. The van der Waals surface area contributed by atoms with E-state index in [0.717, 1.165) is 25.1 Å². The smallest absolute Gasteiger partial charge is 0.330 e. The fourth-order valence-corrected chi connectivity index (χ4v) is 1.94. The predicted octanol–water partition coefficient (Wildman–Crippen LogP) is 1.52. The van der Waals surface area contributed by atoms with Crippen LogP contribution in [0.4, 0.5) is 0 Å². The monoisotopic (exact) mass is 217 g/mol. The van der Waals surface area contributed by atoms with Crippen LogP contribution in [0.1, 0.15) is 16.7 Å². The maximum atomic E-state index is 11.0. The molecule has 3 nitrogen and oxygen atoms in total. The molecule has 84 valence electrons. The minimum absolute atomic E-state index is 0.313. The Labute approximate surface area is 95.1 Å². The standard InChI is InChI=1S/C13H15NO2/c1-16-13(15)6-5-10-3-2-4-11-9-14-8-7-12(10)11/h2-6,14H,7-9H2,1H3. The summed E-state index contributed by atoms with van der Waals surface area (Å²) in [6, 6.07) is 6.17. The number of esters is 1. The van der Waals surface area contributed by atoms with Crippen molar-refractivity contribution in [2.75, 3.05) is 13.7 Å². The van der Waals surface area contributed by atoms with E-state index >= 15 is 0 Å². The zero-order valence-electron chi connectivity index (χ0n) is 9.32. The molecule has 2 rings (SSSR count). The summed E-state index contributed by atoms with van der Waals surface area (Å²) in [6.45, 7) is 1.91. The van der Waals surface area contributed by atoms with Crippen molar-refractivity contribution in [3.63, 3.8) is 0 Å². The lowest BCUT2D eigenvalue weighted by atomic mass is 9.95. The Bertz CT molecular complexity index is 424. The second-order valence-corrected chi connectivity index (χ2v) is 3.77. The van der Waals surface area contributed by atoms with Gasteiger partial charge in [0, 0.05) is 12.6 Å². The molecular formula is C13H15NO2. The van der Waals surface area contributed by atoms with Crippen LogP contribution in [0.5, 0.6) is 0 Å². The van der Waals surface area contributed by atoms with E-state index in [1.165, 1.54) is 24.3 Å². The van der Waals surface area contributed by atoms with Crippen LogP contribution in [0, 0.1) is 0 Å². The van der Waals surface area contributed by atoms with Gasteiger partial charge in [0.2, 0.25) is 0 Å². The average molecular weight is 217 g/mol. The first-order valence-electron chi connectivity index (χ1n) is 5.39. The largest absolute Gasteiger partial charge is 0.466 e. The molecule has 0 atom stereocenters. The Hall–Kier alpha value is -1.61. The maximum Gasteiger partial charge on any atom is 0.330 e. The zero-order valence-corrected chi connectivity index (χ0v) is 9.32. The molecule has 0 radical (unpaired) electrons. The third-order valence-corrected chi connectivity index (χ3v) is 2.78. The number of methoxy groups -OCH3 is 1. The van der Waals surface area contributed by atoms with Crippen LogP contribution < -0.4 is 5.32 Å². The summed E-state index contributed by atoms with van der Waals surface area (Å²) in [5.74, 6) is -0.313. The van der Waals surface area contributed by atoms with Gasteiger partial charge in [-0.3, -0.25) is 0 Å². The topological polar surface area (TPSA) is 38.3 Å². The number of carbonyl (C=O) groups excluding carboxylic acids is 1. The molecule has 1 aliphatic rings. The Kier molecular flexibility index (Phi) is 3.37. The van der Waals surface area contributed by atoms with Gasteiger partial charge in [0.25, 0.3) is 0 Å². The highest BCUT2D eigenvalue weighted by molar-refractivity contribution is 5.87. The lowest BCUT2D eigenvalue weighted by molar-refractivity contribution is -0.134. The fourth-order valence-electron chi connectivity index (χ4n) is 1.94. The van der Waals surface area contributed by atoms with Crippen molar-refractivity contribution in [1.29, 1.82) is 0 Å². The number of benzene rings is 1. The van der Waals surface area contributed by atoms with Gasteiger partial charge in [0.1, 0.15) is 0 Å². The van der Waals surface area contributed by atoms with Gasteiger partial charge in [-0.15, -0.1) is 0 Å². The van der Waals surface area contributed by atoms with Crippen molar-refractivity contribution in [3.05, 3.63) is 41.0 Å². The zero-order chi connectivity index (χ0) is 11.4. The highest BCUT2D eigenvalue weighted by Gasteiger charge is 2.10. The molecule has 1 aliphatic heterocycles. The van der Waals surface area contributed by atoms with Crippen LogP contribution >= 0.6 is 0 Å². The van der Waals surface area contributed by atoms with Crippen LogP contribution in [0.2, 0.25) is 0 Å². The number of ether oxygens (including phenoxy) is 1. The molecule has 3 heteroatoms. The number of rotatable bonds is 2. The first kappa shape index (κ1) is 10.9. The van der Waals surface area contributed by atoms with Gasteiger partial charge >= 0.3 is 5.97 Å². The van der Waals surface area contributed by atoms with E-state index < -0.39 is 0 Å². The van der Waals surface area contributed by atoms with Gasteiger partial charge in [-0.05, 0) is 35.7 Å². The van der Waals surface area contributed by atoms with E-state index in [9.17, 15) is 4.79 Å².